The number of alkyl halides is 3. The average molecular weight is 374 g/mol. The standard InChI is InChI=1S/C17H25F3N4O2/c18-17(19,20)14-4-7-24(22-14)12-15(25)21-13-16(5-2-1-3-6-16)23-8-10-26-11-9-23/h4,7H,1-3,5-6,8-13H2,(H,21,25). The number of aromatic nitrogens is 2. The fourth-order valence-corrected chi connectivity index (χ4v) is 3.92. The van der Waals surface area contributed by atoms with Gasteiger partial charge in [0.05, 0.1) is 13.2 Å². The number of ether oxygens (including phenoxy) is 1. The van der Waals surface area contributed by atoms with Crippen LogP contribution in [-0.4, -0.2) is 59.0 Å². The van der Waals surface area contributed by atoms with Crippen LogP contribution in [0.5, 0.6) is 0 Å². The second-order valence-electron chi connectivity index (χ2n) is 7.06. The summed E-state index contributed by atoms with van der Waals surface area (Å²) in [5, 5.41) is 6.35. The van der Waals surface area contributed by atoms with E-state index in [1.54, 1.807) is 0 Å². The number of rotatable bonds is 5. The first-order chi connectivity index (χ1) is 12.4. The zero-order valence-electron chi connectivity index (χ0n) is 14.7. The van der Waals surface area contributed by atoms with Gasteiger partial charge in [0, 0.05) is 31.4 Å². The van der Waals surface area contributed by atoms with Crippen LogP contribution >= 0.6 is 0 Å². The molecule has 3 rings (SSSR count). The normalized spacial score (nSPS) is 21.5. The molecule has 2 heterocycles. The molecule has 1 aromatic heterocycles. The third-order valence-corrected chi connectivity index (χ3v) is 5.32. The van der Waals surface area contributed by atoms with E-state index in [1.165, 1.54) is 12.6 Å². The summed E-state index contributed by atoms with van der Waals surface area (Å²) in [6.07, 6.45) is 2.18. The van der Waals surface area contributed by atoms with Crippen molar-refractivity contribution in [3.63, 3.8) is 0 Å². The summed E-state index contributed by atoms with van der Waals surface area (Å²) >= 11 is 0. The van der Waals surface area contributed by atoms with E-state index in [4.69, 9.17) is 4.74 Å². The number of morpholine rings is 1. The molecule has 2 aliphatic rings. The van der Waals surface area contributed by atoms with Crippen molar-refractivity contribution in [2.45, 2.75) is 50.4 Å². The van der Waals surface area contributed by atoms with E-state index in [1.807, 2.05) is 0 Å². The summed E-state index contributed by atoms with van der Waals surface area (Å²) in [6.45, 7) is 3.40. The van der Waals surface area contributed by atoms with Crippen molar-refractivity contribution in [3.05, 3.63) is 18.0 Å². The predicted molar refractivity (Wildman–Crippen MR) is 88.4 cm³/mol. The Morgan fingerprint density at radius 2 is 1.92 bits per heavy atom. The SMILES string of the molecule is O=C(Cn1ccc(C(F)(F)F)n1)NCC1(N2CCOCC2)CCCCC1. The summed E-state index contributed by atoms with van der Waals surface area (Å²) in [4.78, 5) is 14.7. The Balaban J connectivity index is 1.58. The van der Waals surface area contributed by atoms with Crippen LogP contribution in [0.2, 0.25) is 0 Å². The highest BCUT2D eigenvalue weighted by Crippen LogP contribution is 2.34. The van der Waals surface area contributed by atoms with Crippen LogP contribution < -0.4 is 5.32 Å². The first kappa shape index (κ1) is 19.2. The van der Waals surface area contributed by atoms with Crippen molar-refractivity contribution >= 4 is 5.91 Å². The molecule has 6 nitrogen and oxygen atoms in total. The Labute approximate surface area is 150 Å². The van der Waals surface area contributed by atoms with Crippen LogP contribution in [0.25, 0.3) is 0 Å². The molecule has 0 atom stereocenters. The van der Waals surface area contributed by atoms with Crippen molar-refractivity contribution in [1.82, 2.24) is 20.0 Å². The largest absolute Gasteiger partial charge is 0.435 e. The van der Waals surface area contributed by atoms with Gasteiger partial charge in [0.1, 0.15) is 6.54 Å². The van der Waals surface area contributed by atoms with Crippen LogP contribution in [0, 0.1) is 0 Å². The molecule has 9 heteroatoms. The molecule has 2 fully saturated rings. The number of halogens is 3. The van der Waals surface area contributed by atoms with Gasteiger partial charge >= 0.3 is 6.18 Å². The van der Waals surface area contributed by atoms with Crippen LogP contribution in [0.1, 0.15) is 37.8 Å². The lowest BCUT2D eigenvalue weighted by atomic mass is 9.79. The number of hydrogen-bond donors (Lipinski definition) is 1. The molecule has 26 heavy (non-hydrogen) atoms. The van der Waals surface area contributed by atoms with Crippen LogP contribution in [0.4, 0.5) is 13.2 Å². The summed E-state index contributed by atoms with van der Waals surface area (Å²) in [5.74, 6) is -0.319. The Morgan fingerprint density at radius 1 is 1.23 bits per heavy atom. The van der Waals surface area contributed by atoms with Gasteiger partial charge in [0.2, 0.25) is 5.91 Å². The number of nitrogens with one attached hydrogen (secondary N) is 1. The fourth-order valence-electron chi connectivity index (χ4n) is 3.92. The van der Waals surface area contributed by atoms with Gasteiger partial charge in [0.15, 0.2) is 5.69 Å². The Morgan fingerprint density at radius 3 is 2.54 bits per heavy atom. The molecule has 1 N–H and O–H groups in total. The van der Waals surface area contributed by atoms with Crippen molar-refractivity contribution in [1.29, 1.82) is 0 Å². The van der Waals surface area contributed by atoms with Gasteiger partial charge in [-0.1, -0.05) is 19.3 Å². The highest BCUT2D eigenvalue weighted by Gasteiger charge is 2.39. The number of carbonyl (C=O) groups is 1. The number of amides is 1. The molecule has 1 aliphatic carbocycles. The van der Waals surface area contributed by atoms with E-state index in [0.717, 1.165) is 49.5 Å². The first-order valence-electron chi connectivity index (χ1n) is 9.09. The van der Waals surface area contributed by atoms with Crippen molar-refractivity contribution in [3.8, 4) is 0 Å². The Kier molecular flexibility index (Phi) is 5.86. The van der Waals surface area contributed by atoms with Crippen LogP contribution in [0.3, 0.4) is 0 Å². The monoisotopic (exact) mass is 374 g/mol. The summed E-state index contributed by atoms with van der Waals surface area (Å²) in [7, 11) is 0. The number of hydrogen-bond acceptors (Lipinski definition) is 4. The van der Waals surface area contributed by atoms with Gasteiger partial charge in [-0.2, -0.15) is 18.3 Å². The third-order valence-electron chi connectivity index (χ3n) is 5.32. The molecule has 0 spiro atoms. The highest BCUT2D eigenvalue weighted by atomic mass is 19.4. The maximum Gasteiger partial charge on any atom is 0.435 e. The zero-order chi connectivity index (χ0) is 18.6. The van der Waals surface area contributed by atoms with E-state index in [2.05, 4.69) is 15.3 Å². The molecule has 0 aromatic carbocycles. The minimum atomic E-state index is -4.50. The van der Waals surface area contributed by atoms with E-state index in [-0.39, 0.29) is 18.0 Å². The van der Waals surface area contributed by atoms with Crippen LogP contribution in [-0.2, 0) is 22.3 Å². The van der Waals surface area contributed by atoms with E-state index < -0.39 is 11.9 Å². The maximum atomic E-state index is 12.6. The van der Waals surface area contributed by atoms with Gasteiger partial charge in [0.25, 0.3) is 0 Å². The molecule has 0 bridgehead atoms. The fraction of sp³-hybridized carbons (Fsp3) is 0.765. The molecule has 0 unspecified atom stereocenters. The second kappa shape index (κ2) is 7.96. The molecule has 0 radical (unpaired) electrons. The Bertz CT molecular complexity index is 605. The molecule has 1 saturated heterocycles. The maximum absolute atomic E-state index is 12.6. The van der Waals surface area contributed by atoms with Gasteiger partial charge in [-0.15, -0.1) is 0 Å². The van der Waals surface area contributed by atoms with Crippen molar-refractivity contribution in [2.75, 3.05) is 32.8 Å². The lowest BCUT2D eigenvalue weighted by Crippen LogP contribution is -2.59. The van der Waals surface area contributed by atoms with E-state index >= 15 is 0 Å². The summed E-state index contributed by atoms with van der Waals surface area (Å²) < 4.78 is 44.2. The molecular formula is C17H25F3N4O2. The minimum Gasteiger partial charge on any atom is -0.379 e. The molecule has 1 amide bonds. The Hall–Kier alpha value is -1.61. The molecule has 1 aliphatic heterocycles. The zero-order valence-corrected chi connectivity index (χ0v) is 14.7. The van der Waals surface area contributed by atoms with E-state index in [9.17, 15) is 18.0 Å². The third kappa shape index (κ3) is 4.56. The topological polar surface area (TPSA) is 59.4 Å². The molecular weight excluding hydrogens is 349 g/mol. The van der Waals surface area contributed by atoms with Gasteiger partial charge in [-0.3, -0.25) is 14.4 Å². The van der Waals surface area contributed by atoms with Gasteiger partial charge in [-0.25, -0.2) is 0 Å². The molecule has 1 saturated carbocycles. The summed E-state index contributed by atoms with van der Waals surface area (Å²) in [6, 6.07) is 0.879. The van der Waals surface area contributed by atoms with Crippen molar-refractivity contribution < 1.29 is 22.7 Å². The second-order valence-corrected chi connectivity index (χ2v) is 7.06. The lowest BCUT2D eigenvalue weighted by Gasteiger charge is -2.48. The molecule has 146 valence electrons. The quantitative estimate of drug-likeness (QED) is 0.857. The summed E-state index contributed by atoms with van der Waals surface area (Å²) in [5.41, 5.74) is -1.05. The first-order valence-corrected chi connectivity index (χ1v) is 9.09. The highest BCUT2D eigenvalue weighted by molar-refractivity contribution is 5.75. The van der Waals surface area contributed by atoms with Gasteiger partial charge < -0.3 is 10.1 Å². The number of nitrogens with zero attached hydrogens (tertiary/aromatic N) is 3. The van der Waals surface area contributed by atoms with E-state index in [0.29, 0.717) is 19.8 Å². The van der Waals surface area contributed by atoms with Crippen molar-refractivity contribution in [2.24, 2.45) is 0 Å². The number of carbonyl (C=O) groups excluding carboxylic acids is 1. The molecule has 1 aromatic rings. The minimum absolute atomic E-state index is 0.0705. The lowest BCUT2D eigenvalue weighted by molar-refractivity contribution is -0.141. The van der Waals surface area contributed by atoms with Crippen LogP contribution in [0.15, 0.2) is 12.3 Å². The smallest absolute Gasteiger partial charge is 0.379 e. The predicted octanol–water partition coefficient (Wildman–Crippen LogP) is 2.05. The average Bonchev–Trinajstić information content (AvgIpc) is 3.10. The van der Waals surface area contributed by atoms with Gasteiger partial charge in [-0.05, 0) is 18.9 Å².